The van der Waals surface area contributed by atoms with E-state index in [-0.39, 0.29) is 11.9 Å². The molecule has 0 N–H and O–H groups in total. The fourth-order valence-electron chi connectivity index (χ4n) is 1.65. The van der Waals surface area contributed by atoms with E-state index in [4.69, 9.17) is 4.74 Å². The molecule has 15 heavy (non-hydrogen) atoms. The van der Waals surface area contributed by atoms with Gasteiger partial charge in [-0.25, -0.2) is 0 Å². The molecule has 0 saturated carbocycles. The van der Waals surface area contributed by atoms with Crippen molar-refractivity contribution in [2.24, 2.45) is 0 Å². The summed E-state index contributed by atoms with van der Waals surface area (Å²) < 4.78 is 7.56. The Balaban J connectivity index is 2.28. The van der Waals surface area contributed by atoms with Gasteiger partial charge in [-0.3, -0.25) is 4.79 Å². The third-order valence-electron chi connectivity index (χ3n) is 2.44. The van der Waals surface area contributed by atoms with Gasteiger partial charge in [0.1, 0.15) is 5.78 Å². The van der Waals surface area contributed by atoms with Crippen LogP contribution in [-0.4, -0.2) is 12.4 Å². The summed E-state index contributed by atoms with van der Waals surface area (Å²) in [4.78, 5) is 11.3. The Bertz CT molecular complexity index is 390. The van der Waals surface area contributed by atoms with E-state index in [0.29, 0.717) is 19.4 Å². The van der Waals surface area contributed by atoms with E-state index in [1.165, 1.54) is 0 Å². The lowest BCUT2D eigenvalue weighted by Crippen LogP contribution is -2.19. The summed E-state index contributed by atoms with van der Waals surface area (Å²) in [5, 5.41) is 0. The van der Waals surface area contributed by atoms with E-state index in [1.54, 1.807) is 0 Å². The number of benzene rings is 1. The van der Waals surface area contributed by atoms with E-state index in [0.717, 1.165) is 14.5 Å². The van der Waals surface area contributed by atoms with Gasteiger partial charge in [-0.15, -0.1) is 0 Å². The number of carbonyl (C=O) groups excluding carboxylic acids is 1. The number of rotatable bonds is 1. The van der Waals surface area contributed by atoms with E-state index in [9.17, 15) is 4.79 Å². The van der Waals surface area contributed by atoms with Crippen molar-refractivity contribution in [3.8, 4) is 0 Å². The highest BCUT2D eigenvalue weighted by Crippen LogP contribution is 2.35. The van der Waals surface area contributed by atoms with Crippen LogP contribution in [0.5, 0.6) is 0 Å². The van der Waals surface area contributed by atoms with Gasteiger partial charge in [-0.05, 0) is 43.5 Å². The molecule has 2 nitrogen and oxygen atoms in total. The summed E-state index contributed by atoms with van der Waals surface area (Å²) in [6, 6.07) is 5.89. The zero-order valence-electron chi connectivity index (χ0n) is 8.00. The minimum absolute atomic E-state index is 0.0990. The van der Waals surface area contributed by atoms with Crippen molar-refractivity contribution in [3.05, 3.63) is 32.7 Å². The fraction of sp³-hybridized carbons (Fsp3) is 0.364. The minimum atomic E-state index is -0.0990. The lowest BCUT2D eigenvalue weighted by Gasteiger charge is -2.23. The second-order valence-electron chi connectivity index (χ2n) is 3.50. The highest BCUT2D eigenvalue weighted by atomic mass is 79.9. The molecular weight excluding hydrogens is 324 g/mol. The van der Waals surface area contributed by atoms with Gasteiger partial charge in [0.25, 0.3) is 0 Å². The highest BCUT2D eigenvalue weighted by molar-refractivity contribution is 9.13. The number of hydrogen-bond acceptors (Lipinski definition) is 2. The SMILES string of the molecule is O=C1CCOC(c2cccc(Br)c2Br)C1. The molecule has 0 amide bonds. The molecule has 0 radical (unpaired) electrons. The van der Waals surface area contributed by atoms with E-state index in [1.807, 2.05) is 18.2 Å². The highest BCUT2D eigenvalue weighted by Gasteiger charge is 2.23. The first-order chi connectivity index (χ1) is 7.18. The first kappa shape index (κ1) is 11.3. The molecule has 1 saturated heterocycles. The molecule has 1 fully saturated rings. The topological polar surface area (TPSA) is 26.3 Å². The molecule has 1 atom stereocenters. The molecule has 2 rings (SSSR count). The van der Waals surface area contributed by atoms with Crippen LogP contribution in [-0.2, 0) is 9.53 Å². The summed E-state index contributed by atoms with van der Waals surface area (Å²) >= 11 is 6.94. The molecule has 80 valence electrons. The van der Waals surface area contributed by atoms with Crippen LogP contribution in [0.15, 0.2) is 27.1 Å². The first-order valence-corrected chi connectivity index (χ1v) is 6.34. The standard InChI is InChI=1S/C11H10Br2O2/c12-9-3-1-2-8(11(9)13)10-6-7(14)4-5-15-10/h1-3,10H,4-6H2. The van der Waals surface area contributed by atoms with Crippen LogP contribution in [0.2, 0.25) is 0 Å². The fourth-order valence-corrected chi connectivity index (χ4v) is 2.55. The van der Waals surface area contributed by atoms with Gasteiger partial charge in [0, 0.05) is 21.8 Å². The largest absolute Gasteiger partial charge is 0.373 e. The smallest absolute Gasteiger partial charge is 0.138 e. The number of carbonyl (C=O) groups is 1. The van der Waals surface area contributed by atoms with E-state index < -0.39 is 0 Å². The molecule has 1 aliphatic rings. The lowest BCUT2D eigenvalue weighted by molar-refractivity contribution is -0.128. The normalized spacial score (nSPS) is 21.7. The molecule has 1 unspecified atom stereocenters. The van der Waals surface area contributed by atoms with Gasteiger partial charge in [0.05, 0.1) is 12.7 Å². The zero-order chi connectivity index (χ0) is 10.8. The molecule has 0 bridgehead atoms. The number of hydrogen-bond donors (Lipinski definition) is 0. The molecular formula is C11H10Br2O2. The Kier molecular flexibility index (Phi) is 3.59. The van der Waals surface area contributed by atoms with Crippen molar-refractivity contribution in [2.75, 3.05) is 6.61 Å². The Morgan fingerprint density at radius 3 is 2.87 bits per heavy atom. The van der Waals surface area contributed by atoms with Gasteiger partial charge in [-0.1, -0.05) is 12.1 Å². The average Bonchev–Trinajstić information content (AvgIpc) is 2.22. The molecule has 0 aromatic heterocycles. The van der Waals surface area contributed by atoms with E-state index >= 15 is 0 Å². The van der Waals surface area contributed by atoms with Gasteiger partial charge in [0.2, 0.25) is 0 Å². The van der Waals surface area contributed by atoms with Crippen LogP contribution < -0.4 is 0 Å². The van der Waals surface area contributed by atoms with Crippen molar-refractivity contribution >= 4 is 37.6 Å². The van der Waals surface area contributed by atoms with Crippen molar-refractivity contribution in [1.29, 1.82) is 0 Å². The zero-order valence-corrected chi connectivity index (χ0v) is 11.2. The number of ketones is 1. The van der Waals surface area contributed by atoms with Crippen molar-refractivity contribution < 1.29 is 9.53 Å². The van der Waals surface area contributed by atoms with Crippen LogP contribution in [0.1, 0.15) is 24.5 Å². The molecule has 1 aliphatic heterocycles. The molecule has 0 spiro atoms. The van der Waals surface area contributed by atoms with Gasteiger partial charge < -0.3 is 4.74 Å². The van der Waals surface area contributed by atoms with E-state index in [2.05, 4.69) is 31.9 Å². The second kappa shape index (κ2) is 4.76. The second-order valence-corrected chi connectivity index (χ2v) is 5.14. The summed E-state index contributed by atoms with van der Waals surface area (Å²) in [5.41, 5.74) is 1.04. The van der Waals surface area contributed by atoms with Gasteiger partial charge >= 0.3 is 0 Å². The van der Waals surface area contributed by atoms with Crippen LogP contribution in [0.25, 0.3) is 0 Å². The summed E-state index contributed by atoms with van der Waals surface area (Å²) in [6.45, 7) is 0.530. The molecule has 4 heteroatoms. The first-order valence-electron chi connectivity index (χ1n) is 4.75. The monoisotopic (exact) mass is 332 g/mol. The number of halogens is 2. The summed E-state index contributed by atoms with van der Waals surface area (Å²) in [5.74, 6) is 0.276. The average molecular weight is 334 g/mol. The Hall–Kier alpha value is -0.190. The molecule has 1 aromatic carbocycles. The van der Waals surface area contributed by atoms with Gasteiger partial charge in [0.15, 0.2) is 0 Å². The summed E-state index contributed by atoms with van der Waals surface area (Å²) in [6.07, 6.45) is 0.926. The lowest BCUT2D eigenvalue weighted by atomic mass is 10.0. The maximum absolute atomic E-state index is 11.3. The van der Waals surface area contributed by atoms with Crippen molar-refractivity contribution in [3.63, 3.8) is 0 Å². The Morgan fingerprint density at radius 2 is 2.13 bits per heavy atom. The number of Topliss-reactive ketones (excluding diaryl/α,β-unsaturated/α-hetero) is 1. The van der Waals surface area contributed by atoms with Crippen LogP contribution >= 0.6 is 31.9 Å². The number of ether oxygens (including phenoxy) is 1. The molecule has 1 aromatic rings. The summed E-state index contributed by atoms with van der Waals surface area (Å²) in [7, 11) is 0. The predicted octanol–water partition coefficient (Wildman–Crippen LogP) is 3.63. The van der Waals surface area contributed by atoms with Crippen LogP contribution in [0, 0.1) is 0 Å². The Morgan fingerprint density at radius 1 is 1.33 bits per heavy atom. The maximum atomic E-state index is 11.3. The minimum Gasteiger partial charge on any atom is -0.373 e. The van der Waals surface area contributed by atoms with Crippen molar-refractivity contribution in [1.82, 2.24) is 0 Å². The maximum Gasteiger partial charge on any atom is 0.138 e. The quantitative estimate of drug-likeness (QED) is 0.784. The molecule has 0 aliphatic carbocycles. The van der Waals surface area contributed by atoms with Gasteiger partial charge in [-0.2, -0.15) is 0 Å². The third kappa shape index (κ3) is 2.49. The predicted molar refractivity (Wildman–Crippen MR) is 64.8 cm³/mol. The van der Waals surface area contributed by atoms with Crippen molar-refractivity contribution in [2.45, 2.75) is 18.9 Å². The Labute approximate surface area is 105 Å². The third-order valence-corrected chi connectivity index (χ3v) is 4.52. The van der Waals surface area contributed by atoms with Crippen LogP contribution in [0.4, 0.5) is 0 Å². The molecule has 1 heterocycles. The van der Waals surface area contributed by atoms with Crippen LogP contribution in [0.3, 0.4) is 0 Å².